The summed E-state index contributed by atoms with van der Waals surface area (Å²) >= 11 is 0. The fraction of sp³-hybridized carbons (Fsp3) is 0.0909. The smallest absolute Gasteiger partial charge is 0.324 e. The van der Waals surface area contributed by atoms with E-state index in [-0.39, 0.29) is 49.9 Å². The number of nitrogens with zero attached hydrogens (tertiary/aromatic N) is 5. The molecule has 0 radical (unpaired) electrons. The van der Waals surface area contributed by atoms with Crippen LogP contribution in [0, 0.1) is 20.0 Å². The molecule has 14 rings (SSSR count). The normalized spacial score (nSPS) is 15.9. The molecule has 1 aliphatic heterocycles. The first-order valence-corrected chi connectivity index (χ1v) is 23.9. The van der Waals surface area contributed by atoms with Gasteiger partial charge in [-0.1, -0.05) is 183 Å². The second-order valence-electron chi connectivity index (χ2n) is 19.4. The molecule has 6 nitrogen and oxygen atoms in total. The van der Waals surface area contributed by atoms with E-state index in [0.29, 0.717) is 55.9 Å². The highest BCUT2D eigenvalue weighted by Crippen LogP contribution is 2.41. The lowest BCUT2D eigenvalue weighted by Gasteiger charge is -2.24. The van der Waals surface area contributed by atoms with Crippen molar-refractivity contribution < 1.29 is 31.2 Å². The summed E-state index contributed by atoms with van der Waals surface area (Å²) in [6.45, 7) is -0.416. The number of fused-ring (bicyclic) bond motifs is 8. The zero-order valence-electron chi connectivity index (χ0n) is 55.7. The molecular weight excluding hydrogens is 890 g/mol. The van der Waals surface area contributed by atoms with Crippen molar-refractivity contribution in [1.82, 2.24) is 18.6 Å². The molecule has 0 bridgehead atoms. The van der Waals surface area contributed by atoms with E-state index >= 15 is 0 Å². The van der Waals surface area contributed by atoms with Crippen molar-refractivity contribution in [2.45, 2.75) is 39.9 Å². The number of benzene rings is 9. The maximum atomic E-state index is 9.34. The van der Waals surface area contributed by atoms with Gasteiger partial charge in [0.15, 0.2) is 0 Å². The molecule has 4 aromatic heterocycles. The van der Waals surface area contributed by atoms with Crippen molar-refractivity contribution in [3.05, 3.63) is 235 Å². The summed E-state index contributed by atoms with van der Waals surface area (Å²) in [5, 5.41) is 3.34. The number of aromatic nitrogens is 5. The van der Waals surface area contributed by atoms with Gasteiger partial charge in [0.1, 0.15) is 22.8 Å². The van der Waals surface area contributed by atoms with Crippen molar-refractivity contribution in [2.24, 2.45) is 0 Å². The third-order valence-electron chi connectivity index (χ3n) is 14.2. The van der Waals surface area contributed by atoms with Crippen LogP contribution in [-0.4, -0.2) is 25.4 Å². The number of rotatable bonds is 7. The topological polar surface area (TPSA) is 40.8 Å². The summed E-state index contributed by atoms with van der Waals surface area (Å²) in [6, 6.07) is 37.2. The van der Waals surface area contributed by atoms with Gasteiger partial charge >= 0.3 is 6.85 Å². The summed E-state index contributed by atoms with van der Waals surface area (Å²) in [6.07, 6.45) is 5.38. The van der Waals surface area contributed by atoms with Crippen LogP contribution in [0.2, 0.25) is 0 Å². The fourth-order valence-corrected chi connectivity index (χ4v) is 10.9. The average Bonchev–Trinajstić information content (AvgIpc) is 1.56. The highest BCUT2D eigenvalue weighted by Gasteiger charge is 2.36. The quantitative estimate of drug-likeness (QED) is 0.0907. The molecule has 0 atom stereocenters. The molecular formula is C66H50BN5O. The van der Waals surface area contributed by atoms with E-state index in [0.717, 1.165) is 32.8 Å². The molecule has 5 heterocycles. The SMILES string of the molecule is [2H]c1c([2H])c([2H])c(-c2cccc(-c3c([2H])c([2H])c([2H])c([2H])c3[2H])c2-[n+]2[c-]n3c4c5c(ccc42)c2ccccc2n5B(c2c(C([2H])([2H])[2H])cccc2C([2H])([2H])[2H])c2ccc(Oc4ccc5c6ccccc6n(-c6cc(C(C)(C)C)ccn6)c5c4)cc2-3)c([2H])c1[2H]. The van der Waals surface area contributed by atoms with Gasteiger partial charge < -0.3 is 9.21 Å². The Morgan fingerprint density at radius 3 is 1.95 bits per heavy atom. The Morgan fingerprint density at radius 1 is 0.603 bits per heavy atom. The highest BCUT2D eigenvalue weighted by atomic mass is 16.5. The minimum absolute atomic E-state index is 0.0260. The van der Waals surface area contributed by atoms with Crippen LogP contribution in [0.1, 0.15) is 59.4 Å². The monoisotopic (exact) mass is 956 g/mol. The number of hydrogen-bond acceptors (Lipinski definition) is 2. The van der Waals surface area contributed by atoms with Crippen LogP contribution in [0.15, 0.2) is 212 Å². The van der Waals surface area contributed by atoms with Crippen LogP contribution >= 0.6 is 0 Å². The number of aryl methyl sites for hydroxylation is 2. The van der Waals surface area contributed by atoms with Gasteiger partial charge in [0, 0.05) is 53.1 Å². The molecule has 7 heteroatoms. The lowest BCUT2D eigenvalue weighted by atomic mass is 9.47. The molecule has 348 valence electrons. The van der Waals surface area contributed by atoms with Gasteiger partial charge in [0.25, 0.3) is 6.33 Å². The average molecular weight is 956 g/mol. The van der Waals surface area contributed by atoms with Crippen LogP contribution in [-0.2, 0) is 5.41 Å². The van der Waals surface area contributed by atoms with E-state index < -0.39 is 81.0 Å². The molecule has 0 amide bonds. The molecule has 9 aromatic carbocycles. The lowest BCUT2D eigenvalue weighted by molar-refractivity contribution is -0.571. The first-order chi connectivity index (χ1) is 42.3. The van der Waals surface area contributed by atoms with Gasteiger partial charge in [0.05, 0.1) is 41.6 Å². The Kier molecular flexibility index (Phi) is 6.57. The molecule has 0 unspecified atom stereocenters. The number of pyridine rings is 1. The van der Waals surface area contributed by atoms with Gasteiger partial charge in [-0.15, -0.1) is 0 Å². The first kappa shape index (κ1) is 29.4. The molecule has 73 heavy (non-hydrogen) atoms. The van der Waals surface area contributed by atoms with Crippen LogP contribution in [0.5, 0.6) is 11.5 Å². The van der Waals surface area contributed by atoms with Crippen molar-refractivity contribution >= 4 is 72.4 Å². The van der Waals surface area contributed by atoms with E-state index in [1.54, 1.807) is 51.7 Å². The summed E-state index contributed by atoms with van der Waals surface area (Å²) in [4.78, 5) is 4.87. The van der Waals surface area contributed by atoms with Crippen LogP contribution in [0.25, 0.3) is 94.1 Å². The van der Waals surface area contributed by atoms with Gasteiger partial charge in [0.2, 0.25) is 0 Å². The Balaban J connectivity index is 1.11. The van der Waals surface area contributed by atoms with Gasteiger partial charge in [-0.3, -0.25) is 13.7 Å². The van der Waals surface area contributed by atoms with E-state index in [9.17, 15) is 5.48 Å². The molecule has 1 aliphatic rings. The Morgan fingerprint density at radius 2 is 1.23 bits per heavy atom. The van der Waals surface area contributed by atoms with Crippen molar-refractivity contribution in [1.29, 1.82) is 0 Å². The van der Waals surface area contributed by atoms with Crippen molar-refractivity contribution in [3.8, 4) is 50.9 Å². The first-order valence-electron chi connectivity index (χ1n) is 31.9. The number of imidazole rings is 1. The van der Waals surface area contributed by atoms with E-state index in [2.05, 4.69) is 43.8 Å². The lowest BCUT2D eigenvalue weighted by Crippen LogP contribution is -2.51. The molecule has 0 saturated heterocycles. The van der Waals surface area contributed by atoms with Gasteiger partial charge in [-0.05, 0) is 106 Å². The fourth-order valence-electron chi connectivity index (χ4n) is 10.9. The Labute approximate surface area is 447 Å². The summed E-state index contributed by atoms with van der Waals surface area (Å²) in [5.41, 5.74) is 4.50. The third kappa shape index (κ3) is 6.65. The molecule has 0 fully saturated rings. The number of ether oxygens (including phenoxy) is 1. The van der Waals surface area contributed by atoms with Crippen LogP contribution in [0.3, 0.4) is 0 Å². The van der Waals surface area contributed by atoms with E-state index in [1.165, 1.54) is 24.3 Å². The number of hydrogen-bond donors (Lipinski definition) is 0. The van der Waals surface area contributed by atoms with Gasteiger partial charge in [-0.25, -0.2) is 4.98 Å². The van der Waals surface area contributed by atoms with E-state index in [1.807, 2.05) is 77.3 Å². The third-order valence-corrected chi connectivity index (χ3v) is 14.2. The predicted octanol–water partition coefficient (Wildman–Crippen LogP) is 14.3. The summed E-state index contributed by atoms with van der Waals surface area (Å²) in [7, 11) is 0. The Hall–Kier alpha value is -8.94. The highest BCUT2D eigenvalue weighted by molar-refractivity contribution is 6.87. The minimum Gasteiger partial charge on any atom is -0.458 e. The van der Waals surface area contributed by atoms with Crippen LogP contribution < -0.4 is 20.2 Å². The molecule has 0 spiro atoms. The summed E-state index contributed by atoms with van der Waals surface area (Å²) in [5.74, 6) is 1.43. The zero-order valence-corrected chi connectivity index (χ0v) is 39.7. The molecule has 0 saturated carbocycles. The number of para-hydroxylation sites is 3. The second-order valence-corrected chi connectivity index (χ2v) is 19.4. The van der Waals surface area contributed by atoms with Crippen molar-refractivity contribution in [3.63, 3.8) is 0 Å². The van der Waals surface area contributed by atoms with Crippen LogP contribution in [0.4, 0.5) is 0 Å². The molecule has 0 aliphatic carbocycles. The molecule has 0 N–H and O–H groups in total. The predicted molar refractivity (Wildman–Crippen MR) is 301 cm³/mol. The van der Waals surface area contributed by atoms with Crippen molar-refractivity contribution in [2.75, 3.05) is 0 Å². The van der Waals surface area contributed by atoms with E-state index in [4.69, 9.17) is 26.2 Å². The van der Waals surface area contributed by atoms with Gasteiger partial charge in [-0.2, -0.15) is 0 Å². The maximum absolute atomic E-state index is 9.34. The summed E-state index contributed by atoms with van der Waals surface area (Å²) < 4.78 is 158. The minimum atomic E-state index is -2.83. The standard InChI is InChI=1S/C66H50BN5O/c1-42-18-16-19-43(2)62(42)67-55-34-31-48(73-47-30-32-53-51-24-12-14-28-56(51)71(59(53)39-47)61-38-46(36-37-68-61)66(3,4)5)40-60(55)70-41-69(58-35-33-54-52-25-13-15-29-57(52)72(67)64(54)65(58)70)63-49(44-20-8-6-9-21-44)26-17-27-50(63)45-22-10-7-11-23-45/h6-40H,1-5H3/i1D3,2D3,6D,7D,8D,9D,10D,11D,20D,21D,22D,23D. The Bertz CT molecular complexity index is 5050. The second kappa shape index (κ2) is 16.3. The molecule has 13 aromatic rings. The largest absolute Gasteiger partial charge is 0.458 e. The zero-order chi connectivity index (χ0) is 62.8. The maximum Gasteiger partial charge on any atom is 0.324 e.